The molecule has 5 rings (SSSR count). The molecule has 8 heteroatoms. The van der Waals surface area contributed by atoms with Crippen molar-refractivity contribution in [2.45, 2.75) is 120 Å². The van der Waals surface area contributed by atoms with Crippen LogP contribution in [0.5, 0.6) is 0 Å². The van der Waals surface area contributed by atoms with Crippen LogP contribution in [0.4, 0.5) is 0 Å². The highest BCUT2D eigenvalue weighted by atomic mass is 16.2. The summed E-state index contributed by atoms with van der Waals surface area (Å²) in [6, 6.07) is -1.30. The SMILES string of the molecule is NC(=O)C(=O)C(CC1CCC1)NC(=O)C1[C@@H]2C[C@@H]2CN1C(=O)[C@@H](NC1CCCCC1)C1CCCCC1. The minimum Gasteiger partial charge on any atom is -0.363 e. The quantitative estimate of drug-likeness (QED) is 0.398. The van der Waals surface area contributed by atoms with Crippen molar-refractivity contribution in [3.63, 3.8) is 0 Å². The number of amides is 3. The van der Waals surface area contributed by atoms with Crippen LogP contribution in [0.3, 0.4) is 0 Å². The van der Waals surface area contributed by atoms with Gasteiger partial charge in [0.15, 0.2) is 0 Å². The van der Waals surface area contributed by atoms with E-state index in [9.17, 15) is 19.2 Å². The van der Waals surface area contributed by atoms with Crippen LogP contribution in [-0.2, 0) is 19.2 Å². The number of Topliss-reactive ketones (excluding diaryl/α,β-unsaturated/α-hetero) is 1. The molecule has 8 nitrogen and oxygen atoms in total. The predicted molar refractivity (Wildman–Crippen MR) is 136 cm³/mol. The van der Waals surface area contributed by atoms with E-state index in [2.05, 4.69) is 10.6 Å². The Balaban J connectivity index is 1.30. The maximum atomic E-state index is 14.1. The highest BCUT2D eigenvalue weighted by Crippen LogP contribution is 2.50. The molecule has 3 amide bonds. The van der Waals surface area contributed by atoms with Crippen molar-refractivity contribution in [2.75, 3.05) is 6.54 Å². The minimum absolute atomic E-state index is 0.0663. The molecule has 2 unspecified atom stereocenters. The number of carbonyl (C=O) groups excluding carboxylic acids is 4. The van der Waals surface area contributed by atoms with Gasteiger partial charge in [-0.2, -0.15) is 0 Å². The molecule has 0 aromatic heterocycles. The molecule has 0 aromatic rings. The number of ketones is 1. The van der Waals surface area contributed by atoms with Gasteiger partial charge in [-0.15, -0.1) is 0 Å². The van der Waals surface area contributed by atoms with Crippen molar-refractivity contribution in [3.8, 4) is 0 Å². The summed E-state index contributed by atoms with van der Waals surface area (Å²) in [6.07, 6.45) is 16.1. The first-order chi connectivity index (χ1) is 17.4. The van der Waals surface area contributed by atoms with E-state index in [0.717, 1.165) is 64.2 Å². The molecule has 5 atom stereocenters. The van der Waals surface area contributed by atoms with Crippen molar-refractivity contribution in [1.82, 2.24) is 15.5 Å². The number of rotatable bonds is 10. The van der Waals surface area contributed by atoms with E-state index in [4.69, 9.17) is 5.73 Å². The molecule has 5 aliphatic rings. The van der Waals surface area contributed by atoms with E-state index >= 15 is 0 Å². The lowest BCUT2D eigenvalue weighted by atomic mass is 9.80. The van der Waals surface area contributed by atoms with Gasteiger partial charge in [0.25, 0.3) is 5.91 Å². The maximum absolute atomic E-state index is 14.1. The zero-order valence-electron chi connectivity index (χ0n) is 21.6. The third-order valence-electron chi connectivity index (χ3n) is 9.78. The van der Waals surface area contributed by atoms with Crippen LogP contribution in [-0.4, -0.2) is 59.1 Å². The molecule has 5 fully saturated rings. The third-order valence-corrected chi connectivity index (χ3v) is 9.78. The Hall–Kier alpha value is -1.96. The first kappa shape index (κ1) is 25.7. The molecule has 0 bridgehead atoms. The second kappa shape index (κ2) is 11.2. The van der Waals surface area contributed by atoms with Crippen molar-refractivity contribution >= 4 is 23.5 Å². The molecule has 4 saturated carbocycles. The fraction of sp³-hybridized carbons (Fsp3) is 0.857. The third kappa shape index (κ3) is 5.63. The van der Waals surface area contributed by atoms with Gasteiger partial charge in [0.2, 0.25) is 17.6 Å². The number of nitrogens with zero attached hydrogens (tertiary/aromatic N) is 1. The summed E-state index contributed by atoms with van der Waals surface area (Å²) in [4.78, 5) is 53.7. The van der Waals surface area contributed by atoms with Crippen LogP contribution in [0.25, 0.3) is 0 Å². The summed E-state index contributed by atoms with van der Waals surface area (Å²) < 4.78 is 0. The average molecular weight is 501 g/mol. The molecule has 36 heavy (non-hydrogen) atoms. The standard InChI is InChI=1S/C28H44N4O4/c29-26(34)25(33)22(14-17-8-7-9-17)31-27(35)24-21-15-19(21)16-32(24)28(36)23(18-10-3-1-4-11-18)30-20-12-5-2-6-13-20/h17-24,30H,1-16H2,(H2,29,34)(H,31,35)/t19-,21-,22?,23+,24?/m1/s1. The van der Waals surface area contributed by atoms with Gasteiger partial charge in [-0.25, -0.2) is 0 Å². The van der Waals surface area contributed by atoms with E-state index in [0.29, 0.717) is 36.8 Å². The minimum atomic E-state index is -1.00. The molecule has 200 valence electrons. The number of fused-ring (bicyclic) bond motifs is 1. The molecule has 1 heterocycles. The first-order valence-electron chi connectivity index (χ1n) is 14.6. The van der Waals surface area contributed by atoms with Gasteiger partial charge in [-0.1, -0.05) is 57.8 Å². The number of carbonyl (C=O) groups is 4. The number of primary amides is 1. The van der Waals surface area contributed by atoms with Crippen LogP contribution in [0.2, 0.25) is 0 Å². The van der Waals surface area contributed by atoms with Crippen LogP contribution >= 0.6 is 0 Å². The van der Waals surface area contributed by atoms with Gasteiger partial charge >= 0.3 is 0 Å². The van der Waals surface area contributed by atoms with Crippen molar-refractivity contribution in [1.29, 1.82) is 0 Å². The number of hydrogen-bond acceptors (Lipinski definition) is 5. The molecule has 1 aliphatic heterocycles. The van der Waals surface area contributed by atoms with Gasteiger partial charge in [0.05, 0.1) is 12.1 Å². The number of likely N-dealkylation sites (tertiary alicyclic amines) is 1. The van der Waals surface area contributed by atoms with E-state index in [1.165, 1.54) is 25.7 Å². The monoisotopic (exact) mass is 500 g/mol. The summed E-state index contributed by atoms with van der Waals surface area (Å²) in [5.74, 6) is -0.772. The lowest BCUT2D eigenvalue weighted by molar-refractivity contribution is -0.144. The predicted octanol–water partition coefficient (Wildman–Crippen LogP) is 2.43. The summed E-state index contributed by atoms with van der Waals surface area (Å²) in [7, 11) is 0. The normalized spacial score (nSPS) is 30.7. The van der Waals surface area contributed by atoms with Crippen LogP contribution in [0, 0.1) is 23.7 Å². The Morgan fingerprint density at radius 3 is 2.14 bits per heavy atom. The highest BCUT2D eigenvalue weighted by Gasteiger charge is 2.58. The van der Waals surface area contributed by atoms with Gasteiger partial charge in [-0.05, 0) is 62.2 Å². The van der Waals surface area contributed by atoms with Crippen molar-refractivity contribution < 1.29 is 19.2 Å². The van der Waals surface area contributed by atoms with Gasteiger partial charge in [-0.3, -0.25) is 19.2 Å². The van der Waals surface area contributed by atoms with Crippen molar-refractivity contribution in [2.24, 2.45) is 29.4 Å². The molecular formula is C28H44N4O4. The number of nitrogens with two attached hydrogens (primary N) is 1. The molecule has 4 N–H and O–H groups in total. The largest absolute Gasteiger partial charge is 0.363 e. The van der Waals surface area contributed by atoms with Gasteiger partial charge in [0.1, 0.15) is 6.04 Å². The average Bonchev–Trinajstić information content (AvgIpc) is 3.52. The molecule has 1 saturated heterocycles. The number of piperidine rings is 1. The zero-order valence-corrected chi connectivity index (χ0v) is 21.6. The fourth-order valence-electron chi connectivity index (χ4n) is 7.33. The van der Waals surface area contributed by atoms with Crippen molar-refractivity contribution in [3.05, 3.63) is 0 Å². The number of hydrogen-bond donors (Lipinski definition) is 3. The Morgan fingerprint density at radius 1 is 0.861 bits per heavy atom. The summed E-state index contributed by atoms with van der Waals surface area (Å²) in [5.41, 5.74) is 5.31. The lowest BCUT2D eigenvalue weighted by Gasteiger charge is -2.38. The Bertz CT molecular complexity index is 846. The first-order valence-corrected chi connectivity index (χ1v) is 14.6. The Kier molecular flexibility index (Phi) is 7.99. The molecule has 0 aromatic carbocycles. The van der Waals surface area contributed by atoms with Crippen LogP contribution in [0.1, 0.15) is 96.3 Å². The summed E-state index contributed by atoms with van der Waals surface area (Å²) >= 11 is 0. The van der Waals surface area contributed by atoms with Crippen LogP contribution in [0.15, 0.2) is 0 Å². The topological polar surface area (TPSA) is 122 Å². The van der Waals surface area contributed by atoms with Gasteiger partial charge < -0.3 is 21.3 Å². The van der Waals surface area contributed by atoms with Crippen LogP contribution < -0.4 is 16.4 Å². The molecule has 0 radical (unpaired) electrons. The van der Waals surface area contributed by atoms with Gasteiger partial charge in [0, 0.05) is 12.6 Å². The second-order valence-corrected chi connectivity index (χ2v) is 12.3. The molecule has 0 spiro atoms. The van der Waals surface area contributed by atoms with E-state index in [-0.39, 0.29) is 23.8 Å². The number of nitrogens with one attached hydrogen (secondary N) is 2. The Labute approximate surface area is 214 Å². The smallest absolute Gasteiger partial charge is 0.287 e. The van der Waals surface area contributed by atoms with E-state index in [1.807, 2.05) is 4.90 Å². The highest BCUT2D eigenvalue weighted by molar-refractivity contribution is 6.37. The molecule has 4 aliphatic carbocycles. The van der Waals surface area contributed by atoms with E-state index in [1.54, 1.807) is 0 Å². The Morgan fingerprint density at radius 2 is 1.53 bits per heavy atom. The summed E-state index contributed by atoms with van der Waals surface area (Å²) in [6.45, 7) is 0.619. The zero-order chi connectivity index (χ0) is 25.2. The second-order valence-electron chi connectivity index (χ2n) is 12.3. The fourth-order valence-corrected chi connectivity index (χ4v) is 7.33. The summed E-state index contributed by atoms with van der Waals surface area (Å²) in [5, 5.41) is 6.65. The lowest BCUT2D eigenvalue weighted by Crippen LogP contribution is -2.59. The maximum Gasteiger partial charge on any atom is 0.287 e. The van der Waals surface area contributed by atoms with E-state index < -0.39 is 23.8 Å². The molecular weight excluding hydrogens is 456 g/mol.